The molecule has 0 aliphatic heterocycles. The van der Waals surface area contributed by atoms with Crippen LogP contribution in [0.3, 0.4) is 0 Å². The zero-order valence-corrected chi connectivity index (χ0v) is 5.75. The predicted octanol–water partition coefficient (Wildman–Crippen LogP) is -0.385. The van der Waals surface area contributed by atoms with Crippen LogP contribution in [0.4, 0.5) is 0 Å². The molecule has 1 atom stereocenters. The van der Waals surface area contributed by atoms with E-state index in [1.54, 1.807) is 22.6 Å². The lowest BCUT2D eigenvalue weighted by Gasteiger charge is -1.94. The molecule has 7 heavy (non-hydrogen) atoms. The van der Waals surface area contributed by atoms with Crippen molar-refractivity contribution in [1.82, 2.24) is 0 Å². The van der Waals surface area contributed by atoms with E-state index in [2.05, 4.69) is 0 Å². The van der Waals surface area contributed by atoms with E-state index in [-0.39, 0.29) is 10.2 Å². The van der Waals surface area contributed by atoms with Crippen LogP contribution in [-0.4, -0.2) is 15.1 Å². The van der Waals surface area contributed by atoms with Crippen LogP contribution in [0.1, 0.15) is 6.42 Å². The minimum Gasteiger partial charge on any atom is -0.378 e. The third kappa shape index (κ3) is 6.32. The maximum absolute atomic E-state index is 10.0. The zero-order chi connectivity index (χ0) is 5.86. The van der Waals surface area contributed by atoms with Crippen molar-refractivity contribution < 1.29 is 9.90 Å². The first-order chi connectivity index (χ1) is 3.13. The van der Waals surface area contributed by atoms with E-state index in [9.17, 15) is 4.79 Å². The zero-order valence-electron chi connectivity index (χ0n) is 3.60. The van der Waals surface area contributed by atoms with E-state index in [1.807, 2.05) is 0 Å². The molecular formula is C3H6INO2. The summed E-state index contributed by atoms with van der Waals surface area (Å²) in [7, 11) is 0. The molecular weight excluding hydrogens is 209 g/mol. The van der Waals surface area contributed by atoms with E-state index >= 15 is 0 Å². The Balaban J connectivity index is 3.13. The average molecular weight is 215 g/mol. The Hall–Kier alpha value is 0.320. The predicted molar refractivity (Wildman–Crippen MR) is 33.8 cm³/mol. The number of nitrogens with two attached hydrogens (primary N) is 1. The van der Waals surface area contributed by atoms with Gasteiger partial charge in [-0.15, -0.1) is 0 Å². The Bertz CT molecular complexity index is 73.3. The van der Waals surface area contributed by atoms with Crippen LogP contribution in [0.15, 0.2) is 0 Å². The molecule has 0 rings (SSSR count). The normalized spacial score (nSPS) is 13.6. The van der Waals surface area contributed by atoms with Gasteiger partial charge in [-0.25, -0.2) is 0 Å². The number of carbonyl (C=O) groups is 1. The first-order valence-corrected chi connectivity index (χ1v) is 2.83. The Labute approximate surface area is 55.0 Å². The number of rotatable bonds is 2. The summed E-state index contributed by atoms with van der Waals surface area (Å²) in [5.74, 6) is 0. The van der Waals surface area contributed by atoms with E-state index in [1.165, 1.54) is 0 Å². The Morgan fingerprint density at radius 3 is 2.43 bits per heavy atom. The summed E-state index contributed by atoms with van der Waals surface area (Å²) in [6, 6.07) is 0. The molecule has 3 nitrogen and oxygen atoms in total. The third-order valence-electron chi connectivity index (χ3n) is 0.370. The van der Waals surface area contributed by atoms with Crippen LogP contribution in [0.5, 0.6) is 0 Å². The van der Waals surface area contributed by atoms with Gasteiger partial charge >= 0.3 is 0 Å². The van der Waals surface area contributed by atoms with Gasteiger partial charge in [-0.05, 0) is 22.6 Å². The van der Waals surface area contributed by atoms with Gasteiger partial charge < -0.3 is 10.8 Å². The molecule has 0 bridgehead atoms. The maximum Gasteiger partial charge on any atom is 0.196 e. The summed E-state index contributed by atoms with van der Waals surface area (Å²) >= 11 is 1.58. The molecule has 0 aromatic rings. The van der Waals surface area contributed by atoms with Crippen LogP contribution in [0.2, 0.25) is 0 Å². The maximum atomic E-state index is 10.0. The van der Waals surface area contributed by atoms with Crippen molar-refractivity contribution in [3.05, 3.63) is 0 Å². The fourth-order valence-electron chi connectivity index (χ4n) is 0.164. The highest BCUT2D eigenvalue weighted by atomic mass is 127. The molecule has 1 unspecified atom stereocenters. The van der Waals surface area contributed by atoms with E-state index in [4.69, 9.17) is 10.8 Å². The van der Waals surface area contributed by atoms with Crippen molar-refractivity contribution in [3.8, 4) is 0 Å². The van der Waals surface area contributed by atoms with Gasteiger partial charge in [0.2, 0.25) is 0 Å². The number of aliphatic hydroxyl groups excluding tert-OH is 1. The largest absolute Gasteiger partial charge is 0.378 e. The molecule has 3 N–H and O–H groups in total. The van der Waals surface area contributed by atoms with Gasteiger partial charge in [0.15, 0.2) is 3.79 Å². The van der Waals surface area contributed by atoms with E-state index < -0.39 is 6.23 Å². The smallest absolute Gasteiger partial charge is 0.196 e. The molecule has 0 saturated carbocycles. The molecule has 0 aromatic carbocycles. The highest BCUT2D eigenvalue weighted by Crippen LogP contribution is 1.92. The number of hydrogen-bond donors (Lipinski definition) is 2. The second-order valence-electron chi connectivity index (χ2n) is 1.13. The lowest BCUT2D eigenvalue weighted by atomic mass is 10.4. The molecule has 0 amide bonds. The summed E-state index contributed by atoms with van der Waals surface area (Å²) < 4.78 is -0.118. The molecule has 0 saturated heterocycles. The monoisotopic (exact) mass is 215 g/mol. The summed E-state index contributed by atoms with van der Waals surface area (Å²) in [4.78, 5) is 10.0. The number of hydrogen-bond acceptors (Lipinski definition) is 3. The quantitative estimate of drug-likeness (QED) is 0.374. The van der Waals surface area contributed by atoms with Crippen LogP contribution >= 0.6 is 22.6 Å². The lowest BCUT2D eigenvalue weighted by Crippen LogP contribution is -2.20. The fourth-order valence-corrected chi connectivity index (χ4v) is 0.616. The first-order valence-electron chi connectivity index (χ1n) is 1.75. The van der Waals surface area contributed by atoms with Gasteiger partial charge in [-0.1, -0.05) is 0 Å². The molecule has 0 heterocycles. The second kappa shape index (κ2) is 3.34. The van der Waals surface area contributed by atoms with Gasteiger partial charge in [-0.2, -0.15) is 0 Å². The molecule has 0 aliphatic carbocycles. The van der Waals surface area contributed by atoms with Gasteiger partial charge in [0, 0.05) is 0 Å². The summed E-state index contributed by atoms with van der Waals surface area (Å²) in [6.45, 7) is 0. The molecule has 0 radical (unpaired) electrons. The Kier molecular flexibility index (Phi) is 3.49. The van der Waals surface area contributed by atoms with Crippen LogP contribution < -0.4 is 5.73 Å². The van der Waals surface area contributed by atoms with Crippen molar-refractivity contribution in [2.45, 2.75) is 12.6 Å². The number of carbonyl (C=O) groups excluding carboxylic acids is 1. The van der Waals surface area contributed by atoms with Gasteiger partial charge in [0.05, 0.1) is 6.42 Å². The molecule has 0 spiro atoms. The Morgan fingerprint density at radius 2 is 2.43 bits per heavy atom. The minimum absolute atomic E-state index is 0.0422. The topological polar surface area (TPSA) is 63.3 Å². The van der Waals surface area contributed by atoms with Crippen LogP contribution in [0, 0.1) is 0 Å². The third-order valence-corrected chi connectivity index (χ3v) is 0.810. The van der Waals surface area contributed by atoms with Crippen molar-refractivity contribution >= 4 is 26.4 Å². The highest BCUT2D eigenvalue weighted by molar-refractivity contribution is 14.1. The van der Waals surface area contributed by atoms with Crippen molar-refractivity contribution in [1.29, 1.82) is 0 Å². The molecule has 0 fully saturated rings. The van der Waals surface area contributed by atoms with Crippen LogP contribution in [-0.2, 0) is 4.79 Å². The van der Waals surface area contributed by atoms with Crippen molar-refractivity contribution in [2.75, 3.05) is 0 Å². The highest BCUT2D eigenvalue weighted by Gasteiger charge is 1.99. The SMILES string of the molecule is NC(O)CC(=O)I. The van der Waals surface area contributed by atoms with Gasteiger partial charge in [0.25, 0.3) is 0 Å². The number of halogens is 1. The van der Waals surface area contributed by atoms with Gasteiger partial charge in [-0.3, -0.25) is 4.79 Å². The molecule has 4 heteroatoms. The summed E-state index contributed by atoms with van der Waals surface area (Å²) in [5.41, 5.74) is 4.82. The van der Waals surface area contributed by atoms with Crippen molar-refractivity contribution in [3.63, 3.8) is 0 Å². The standard InChI is InChI=1S/C3H6INO2/c4-2(6)1-3(5)7/h3,7H,1,5H2. The average Bonchev–Trinajstić information content (AvgIpc) is 1.27. The molecule has 42 valence electrons. The van der Waals surface area contributed by atoms with Crippen LogP contribution in [0.25, 0.3) is 0 Å². The first kappa shape index (κ1) is 7.32. The molecule has 0 aromatic heterocycles. The summed E-state index contributed by atoms with van der Waals surface area (Å²) in [6.07, 6.45) is -0.940. The molecule has 0 aliphatic rings. The van der Waals surface area contributed by atoms with Crippen molar-refractivity contribution in [2.24, 2.45) is 5.73 Å². The minimum atomic E-state index is -0.982. The van der Waals surface area contributed by atoms with Gasteiger partial charge in [0.1, 0.15) is 6.23 Å². The number of aliphatic hydroxyl groups is 1. The summed E-state index contributed by atoms with van der Waals surface area (Å²) in [5, 5.41) is 8.27. The fraction of sp³-hybridized carbons (Fsp3) is 0.667. The van der Waals surface area contributed by atoms with E-state index in [0.29, 0.717) is 0 Å². The van der Waals surface area contributed by atoms with E-state index in [0.717, 1.165) is 0 Å². The second-order valence-corrected chi connectivity index (χ2v) is 2.33. The Morgan fingerprint density at radius 1 is 2.00 bits per heavy atom. The lowest BCUT2D eigenvalue weighted by molar-refractivity contribution is -0.111.